The number of nitrogens with zero attached hydrogens (tertiary/aromatic N) is 1. The molecule has 1 unspecified atom stereocenters. The zero-order valence-corrected chi connectivity index (χ0v) is 12.1. The summed E-state index contributed by atoms with van der Waals surface area (Å²) in [6.07, 6.45) is 2.40. The predicted octanol–water partition coefficient (Wildman–Crippen LogP) is 1.81. The van der Waals surface area contributed by atoms with Gasteiger partial charge in [0.1, 0.15) is 6.04 Å². The molecule has 0 saturated carbocycles. The highest BCUT2D eigenvalue weighted by molar-refractivity contribution is 5.73. The van der Waals surface area contributed by atoms with Crippen molar-refractivity contribution in [3.8, 4) is 0 Å². The third-order valence-corrected chi connectivity index (χ3v) is 3.85. The molecule has 0 aromatic carbocycles. The fourth-order valence-corrected chi connectivity index (χ4v) is 2.66. The lowest BCUT2D eigenvalue weighted by Crippen LogP contribution is -2.50. The second-order valence-electron chi connectivity index (χ2n) is 6.09. The minimum atomic E-state index is -0.741. The van der Waals surface area contributed by atoms with Gasteiger partial charge in [0.15, 0.2) is 0 Å². The van der Waals surface area contributed by atoms with Gasteiger partial charge in [-0.15, -0.1) is 0 Å². The summed E-state index contributed by atoms with van der Waals surface area (Å²) in [6, 6.07) is -0.236. The molecule has 0 bridgehead atoms. The maximum atomic E-state index is 11.2. The van der Waals surface area contributed by atoms with E-state index < -0.39 is 12.0 Å². The van der Waals surface area contributed by atoms with Crippen LogP contribution in [-0.2, 0) is 4.79 Å². The lowest BCUT2D eigenvalue weighted by molar-refractivity contribution is -0.140. The molecule has 4 heteroatoms. The van der Waals surface area contributed by atoms with Gasteiger partial charge in [-0.05, 0) is 37.8 Å². The second-order valence-corrected chi connectivity index (χ2v) is 6.09. The van der Waals surface area contributed by atoms with Crippen LogP contribution in [0, 0.1) is 11.8 Å². The quantitative estimate of drug-likeness (QED) is 0.761. The van der Waals surface area contributed by atoms with Crippen molar-refractivity contribution < 1.29 is 9.90 Å². The normalized spacial score (nSPS) is 20.6. The summed E-state index contributed by atoms with van der Waals surface area (Å²) in [5.74, 6) is 0.813. The molecule has 2 N–H and O–H groups in total. The average Bonchev–Trinajstić information content (AvgIpc) is 2.28. The van der Waals surface area contributed by atoms with Crippen LogP contribution >= 0.6 is 0 Å². The summed E-state index contributed by atoms with van der Waals surface area (Å²) in [4.78, 5) is 13.5. The van der Waals surface area contributed by atoms with Gasteiger partial charge >= 0.3 is 5.97 Å². The summed E-state index contributed by atoms with van der Waals surface area (Å²) in [7, 11) is 0. The van der Waals surface area contributed by atoms with Gasteiger partial charge in [-0.3, -0.25) is 4.79 Å². The molecular weight excluding hydrogens is 228 g/mol. The number of carboxylic acids is 1. The SMILES string of the molecule is CC(C)NC(CN1CCC(C(C)C)CC1)C(=O)O. The molecule has 1 rings (SSSR count). The molecule has 0 radical (unpaired) electrons. The first-order valence-corrected chi connectivity index (χ1v) is 7.11. The van der Waals surface area contributed by atoms with Crippen molar-refractivity contribution in [2.45, 2.75) is 52.6 Å². The molecule has 1 aliphatic heterocycles. The van der Waals surface area contributed by atoms with Crippen LogP contribution in [0.5, 0.6) is 0 Å². The van der Waals surface area contributed by atoms with E-state index in [9.17, 15) is 9.90 Å². The third kappa shape index (κ3) is 4.94. The van der Waals surface area contributed by atoms with Crippen LogP contribution in [0.1, 0.15) is 40.5 Å². The van der Waals surface area contributed by atoms with E-state index in [1.54, 1.807) is 0 Å². The number of nitrogens with one attached hydrogen (secondary N) is 1. The largest absolute Gasteiger partial charge is 0.480 e. The molecule has 0 aromatic heterocycles. The third-order valence-electron chi connectivity index (χ3n) is 3.85. The topological polar surface area (TPSA) is 52.6 Å². The lowest BCUT2D eigenvalue weighted by atomic mass is 9.86. The Morgan fingerprint density at radius 3 is 2.22 bits per heavy atom. The van der Waals surface area contributed by atoms with Crippen LogP contribution in [0.25, 0.3) is 0 Å². The lowest BCUT2D eigenvalue weighted by Gasteiger charge is -2.35. The first-order chi connectivity index (χ1) is 8.40. The van der Waals surface area contributed by atoms with Gasteiger partial charge in [0.25, 0.3) is 0 Å². The second kappa shape index (κ2) is 7.10. The number of rotatable bonds is 6. The highest BCUT2D eigenvalue weighted by atomic mass is 16.4. The zero-order valence-electron chi connectivity index (χ0n) is 12.1. The van der Waals surface area contributed by atoms with Crippen molar-refractivity contribution in [2.75, 3.05) is 19.6 Å². The Labute approximate surface area is 111 Å². The predicted molar refractivity (Wildman–Crippen MR) is 73.7 cm³/mol. The number of likely N-dealkylation sites (tertiary alicyclic amines) is 1. The Balaban J connectivity index is 2.40. The summed E-state index contributed by atoms with van der Waals surface area (Å²) < 4.78 is 0. The fraction of sp³-hybridized carbons (Fsp3) is 0.929. The number of carbonyl (C=O) groups is 1. The molecule has 4 nitrogen and oxygen atoms in total. The van der Waals surface area contributed by atoms with Gasteiger partial charge in [-0.2, -0.15) is 0 Å². The van der Waals surface area contributed by atoms with Gasteiger partial charge in [-0.1, -0.05) is 27.7 Å². The molecule has 0 aliphatic carbocycles. The van der Waals surface area contributed by atoms with Crippen molar-refractivity contribution in [3.63, 3.8) is 0 Å². The highest BCUT2D eigenvalue weighted by Gasteiger charge is 2.26. The van der Waals surface area contributed by atoms with Crippen molar-refractivity contribution in [1.82, 2.24) is 10.2 Å². The van der Waals surface area contributed by atoms with Crippen LogP contribution in [-0.4, -0.2) is 47.7 Å². The monoisotopic (exact) mass is 256 g/mol. The highest BCUT2D eigenvalue weighted by Crippen LogP contribution is 2.24. The average molecular weight is 256 g/mol. The van der Waals surface area contributed by atoms with Crippen molar-refractivity contribution >= 4 is 5.97 Å². The minimum Gasteiger partial charge on any atom is -0.480 e. The maximum Gasteiger partial charge on any atom is 0.322 e. The van der Waals surface area contributed by atoms with Crippen LogP contribution in [0.4, 0.5) is 0 Å². The van der Waals surface area contributed by atoms with E-state index >= 15 is 0 Å². The minimum absolute atomic E-state index is 0.208. The van der Waals surface area contributed by atoms with E-state index in [1.807, 2.05) is 13.8 Å². The molecule has 18 heavy (non-hydrogen) atoms. The van der Waals surface area contributed by atoms with E-state index in [2.05, 4.69) is 24.1 Å². The molecular formula is C14H28N2O2. The Morgan fingerprint density at radius 2 is 1.83 bits per heavy atom. The van der Waals surface area contributed by atoms with Gasteiger partial charge in [-0.25, -0.2) is 0 Å². The molecule has 1 heterocycles. The van der Waals surface area contributed by atoms with Crippen molar-refractivity contribution in [3.05, 3.63) is 0 Å². The first-order valence-electron chi connectivity index (χ1n) is 7.11. The summed E-state index contributed by atoms with van der Waals surface area (Å²) in [5.41, 5.74) is 0. The van der Waals surface area contributed by atoms with E-state index in [-0.39, 0.29) is 6.04 Å². The fourth-order valence-electron chi connectivity index (χ4n) is 2.66. The Hall–Kier alpha value is -0.610. The maximum absolute atomic E-state index is 11.2. The molecule has 0 spiro atoms. The van der Waals surface area contributed by atoms with Gasteiger partial charge in [0.05, 0.1) is 0 Å². The molecule has 1 aliphatic rings. The van der Waals surface area contributed by atoms with Crippen LogP contribution in [0.2, 0.25) is 0 Å². The standard InChI is InChI=1S/C14H28N2O2/c1-10(2)12-5-7-16(8-6-12)9-13(14(17)18)15-11(3)4/h10-13,15H,5-9H2,1-4H3,(H,17,18). The molecule has 0 amide bonds. The number of carboxylic acid groups (broad SMARTS) is 1. The van der Waals surface area contributed by atoms with Crippen LogP contribution < -0.4 is 5.32 Å². The van der Waals surface area contributed by atoms with Gasteiger partial charge in [0, 0.05) is 12.6 Å². The number of hydrogen-bond acceptors (Lipinski definition) is 3. The molecule has 0 aromatic rings. The molecule has 1 fully saturated rings. The number of hydrogen-bond donors (Lipinski definition) is 2. The number of piperidine rings is 1. The van der Waals surface area contributed by atoms with E-state index in [0.717, 1.165) is 24.9 Å². The van der Waals surface area contributed by atoms with Crippen molar-refractivity contribution in [1.29, 1.82) is 0 Å². The van der Waals surface area contributed by atoms with E-state index in [0.29, 0.717) is 6.54 Å². The van der Waals surface area contributed by atoms with Gasteiger partial charge < -0.3 is 15.3 Å². The van der Waals surface area contributed by atoms with Gasteiger partial charge in [0.2, 0.25) is 0 Å². The number of aliphatic carboxylic acids is 1. The summed E-state index contributed by atoms with van der Waals surface area (Å²) >= 11 is 0. The molecule has 1 atom stereocenters. The van der Waals surface area contributed by atoms with Crippen LogP contribution in [0.3, 0.4) is 0 Å². The smallest absolute Gasteiger partial charge is 0.322 e. The van der Waals surface area contributed by atoms with E-state index in [4.69, 9.17) is 0 Å². The van der Waals surface area contributed by atoms with Crippen molar-refractivity contribution in [2.24, 2.45) is 11.8 Å². The van der Waals surface area contributed by atoms with Crippen LogP contribution in [0.15, 0.2) is 0 Å². The molecule has 106 valence electrons. The Bertz CT molecular complexity index is 259. The first kappa shape index (κ1) is 15.4. The summed E-state index contributed by atoms with van der Waals surface area (Å²) in [6.45, 7) is 11.2. The summed E-state index contributed by atoms with van der Waals surface area (Å²) in [5, 5.41) is 12.3. The van der Waals surface area contributed by atoms with E-state index in [1.165, 1.54) is 12.8 Å². The zero-order chi connectivity index (χ0) is 13.7. The molecule has 1 saturated heterocycles. The Kier molecular flexibility index (Phi) is 6.09. The Morgan fingerprint density at radius 1 is 1.28 bits per heavy atom.